The van der Waals surface area contributed by atoms with Gasteiger partial charge < -0.3 is 40.5 Å². The van der Waals surface area contributed by atoms with Crippen molar-refractivity contribution < 1.29 is 49.0 Å². The molecule has 0 aromatic heterocycles. The van der Waals surface area contributed by atoms with E-state index in [0.29, 0.717) is 10.5 Å². The number of nitrogens with one attached hydrogen (secondary N) is 2. The van der Waals surface area contributed by atoms with Crippen LogP contribution in [0.1, 0.15) is 22.8 Å². The van der Waals surface area contributed by atoms with Gasteiger partial charge in [0.25, 0.3) is 0 Å². The third kappa shape index (κ3) is 5.36. The predicted molar refractivity (Wildman–Crippen MR) is 117 cm³/mol. The van der Waals surface area contributed by atoms with Crippen LogP contribution in [0.3, 0.4) is 0 Å². The molecule has 188 valence electrons. The van der Waals surface area contributed by atoms with Gasteiger partial charge in [-0.25, -0.2) is 9.59 Å². The number of likely N-dealkylation sites (N-methyl/N-ethyl adjacent to an activating group) is 1. The van der Waals surface area contributed by atoms with E-state index >= 15 is 0 Å². The number of benzene rings is 1. The van der Waals surface area contributed by atoms with E-state index in [4.69, 9.17) is 4.65 Å². The van der Waals surface area contributed by atoms with E-state index in [1.54, 1.807) is 13.0 Å². The van der Waals surface area contributed by atoms with Crippen molar-refractivity contribution in [3.8, 4) is 5.75 Å². The molecule has 2 aliphatic heterocycles. The zero-order valence-electron chi connectivity index (χ0n) is 18.7. The number of hydrogen-bond donors (Lipinski definition) is 6. The molecular formula is C20H25BN4O10. The van der Waals surface area contributed by atoms with Gasteiger partial charge in [-0.15, -0.1) is 0 Å². The first kappa shape index (κ1) is 25.9. The van der Waals surface area contributed by atoms with Crippen LogP contribution >= 0.6 is 0 Å². The number of carboxylic acid groups (broad SMARTS) is 1. The van der Waals surface area contributed by atoms with Crippen LogP contribution < -0.4 is 15.3 Å². The van der Waals surface area contributed by atoms with Gasteiger partial charge in [0.05, 0.1) is 18.1 Å². The largest absolute Gasteiger partial charge is 0.547 e. The van der Waals surface area contributed by atoms with Gasteiger partial charge in [0.1, 0.15) is 17.9 Å². The van der Waals surface area contributed by atoms with Crippen LogP contribution in [0.15, 0.2) is 18.2 Å². The highest BCUT2D eigenvalue weighted by Gasteiger charge is 2.41. The summed E-state index contributed by atoms with van der Waals surface area (Å²) in [4.78, 5) is 63.0. The zero-order chi connectivity index (χ0) is 25.9. The molecule has 0 radical (unpaired) electrons. The number of fused-ring (bicyclic) bond motifs is 1. The number of amides is 5. The molecule has 0 aliphatic carbocycles. The summed E-state index contributed by atoms with van der Waals surface area (Å²) in [5, 5.41) is 43.6. The smallest absolute Gasteiger partial charge is 0.534 e. The van der Waals surface area contributed by atoms with Crippen LogP contribution in [0.4, 0.5) is 4.79 Å². The van der Waals surface area contributed by atoms with Crippen LogP contribution in [0.5, 0.6) is 5.75 Å². The molecule has 5 amide bonds. The highest BCUT2D eigenvalue weighted by atomic mass is 16.5. The summed E-state index contributed by atoms with van der Waals surface area (Å²) in [6.07, 6.45) is -1.82. The van der Waals surface area contributed by atoms with E-state index in [0.717, 1.165) is 0 Å². The number of carboxylic acids is 1. The van der Waals surface area contributed by atoms with Crippen LogP contribution in [-0.2, 0) is 20.8 Å². The van der Waals surface area contributed by atoms with Crippen molar-refractivity contribution >= 4 is 36.8 Å². The van der Waals surface area contributed by atoms with Crippen molar-refractivity contribution in [3.05, 3.63) is 29.3 Å². The van der Waals surface area contributed by atoms with E-state index in [9.17, 15) is 44.3 Å². The molecule has 1 saturated heterocycles. The van der Waals surface area contributed by atoms with Crippen LogP contribution in [0.2, 0.25) is 0 Å². The lowest BCUT2D eigenvalue weighted by atomic mass is 9.72. The van der Waals surface area contributed by atoms with Crippen molar-refractivity contribution in [1.82, 2.24) is 20.4 Å². The number of carbonyl (C=O) groups excluding carboxylic acids is 4. The highest BCUT2D eigenvalue weighted by molar-refractivity contribution is 6.47. The SMILES string of the molecule is CCN1CCN(C(=O)N[C@@H](C(=O)N[C@H]2Cc3cccc(C(=O)O)c3OB2O)[C@H](O)CO)C(=O)C1=O. The lowest BCUT2D eigenvalue weighted by Crippen LogP contribution is -2.64. The van der Waals surface area contributed by atoms with E-state index in [1.807, 2.05) is 0 Å². The van der Waals surface area contributed by atoms with Gasteiger partial charge in [0.15, 0.2) is 0 Å². The van der Waals surface area contributed by atoms with Gasteiger partial charge >= 0.3 is 30.9 Å². The quantitative estimate of drug-likeness (QED) is 0.167. The number of aliphatic hydroxyl groups excluding tert-OH is 2. The van der Waals surface area contributed by atoms with E-state index in [-0.39, 0.29) is 37.4 Å². The highest BCUT2D eigenvalue weighted by Crippen LogP contribution is 2.30. The fourth-order valence-corrected chi connectivity index (χ4v) is 3.81. The topological polar surface area (TPSA) is 206 Å². The van der Waals surface area contributed by atoms with E-state index in [1.165, 1.54) is 17.0 Å². The lowest BCUT2D eigenvalue weighted by Gasteiger charge is -2.34. The molecule has 0 bridgehead atoms. The molecular weight excluding hydrogens is 467 g/mol. The summed E-state index contributed by atoms with van der Waals surface area (Å²) in [7, 11) is -1.66. The number of para-hydroxylation sites is 1. The number of nitrogens with zero attached hydrogens (tertiary/aromatic N) is 2. The third-order valence-corrected chi connectivity index (χ3v) is 5.75. The molecule has 2 aliphatic rings. The molecule has 0 spiro atoms. The Morgan fingerprint density at radius 1 is 1.23 bits per heavy atom. The second kappa shape index (κ2) is 10.7. The number of carbonyl (C=O) groups is 5. The minimum Gasteiger partial charge on any atom is -0.534 e. The first-order valence-corrected chi connectivity index (χ1v) is 10.8. The fourth-order valence-electron chi connectivity index (χ4n) is 3.81. The first-order chi connectivity index (χ1) is 16.6. The lowest BCUT2D eigenvalue weighted by molar-refractivity contribution is -0.153. The molecule has 15 heteroatoms. The van der Waals surface area contributed by atoms with Crippen LogP contribution in [0.25, 0.3) is 0 Å². The van der Waals surface area contributed by atoms with Crippen molar-refractivity contribution in [2.24, 2.45) is 0 Å². The molecule has 35 heavy (non-hydrogen) atoms. The summed E-state index contributed by atoms with van der Waals surface area (Å²) >= 11 is 0. The van der Waals surface area contributed by atoms with Gasteiger partial charge in [-0.05, 0) is 25.0 Å². The summed E-state index contributed by atoms with van der Waals surface area (Å²) in [6, 6.07) is 1.44. The Labute approximate surface area is 199 Å². The number of aliphatic hydroxyl groups is 2. The Balaban J connectivity index is 1.72. The van der Waals surface area contributed by atoms with Crippen molar-refractivity contribution in [1.29, 1.82) is 0 Å². The summed E-state index contributed by atoms with van der Waals surface area (Å²) in [5.41, 5.74) is 0.219. The summed E-state index contributed by atoms with van der Waals surface area (Å²) < 4.78 is 5.29. The second-order valence-electron chi connectivity index (χ2n) is 7.95. The van der Waals surface area contributed by atoms with Crippen LogP contribution in [-0.4, -0.2) is 111 Å². The number of piperazine rings is 1. The number of hydrogen-bond acceptors (Lipinski definition) is 9. The van der Waals surface area contributed by atoms with Gasteiger partial charge in [-0.3, -0.25) is 19.3 Å². The van der Waals surface area contributed by atoms with Gasteiger partial charge in [-0.2, -0.15) is 0 Å². The average molecular weight is 492 g/mol. The van der Waals surface area contributed by atoms with Crippen molar-refractivity contribution in [2.75, 3.05) is 26.2 Å². The Morgan fingerprint density at radius 3 is 2.57 bits per heavy atom. The normalized spacial score (nSPS) is 19.4. The minimum absolute atomic E-state index is 0.0365. The predicted octanol–water partition coefficient (Wildman–Crippen LogP) is -3.05. The summed E-state index contributed by atoms with van der Waals surface area (Å²) in [5.74, 6) is -5.42. The van der Waals surface area contributed by atoms with Crippen molar-refractivity contribution in [2.45, 2.75) is 31.4 Å². The maximum absolute atomic E-state index is 12.9. The standard InChI is InChI=1S/C20H25BN4O10/c1-2-24-6-7-25(18(30)17(24)29)20(33)23-14(12(27)9-26)16(28)22-13-8-10-4-3-5-11(19(31)32)15(10)35-21(13)34/h3-5,12-14,26-27,34H,2,6-9H2,1H3,(H,22,28)(H,23,33)(H,31,32)/t12-,13+,14-/m1/s1. The Bertz CT molecular complexity index is 1040. The van der Waals surface area contributed by atoms with E-state index < -0.39 is 61.5 Å². The molecule has 0 saturated carbocycles. The van der Waals surface area contributed by atoms with Crippen molar-refractivity contribution in [3.63, 3.8) is 0 Å². The number of aromatic carboxylic acids is 1. The third-order valence-electron chi connectivity index (χ3n) is 5.75. The molecule has 1 fully saturated rings. The Kier molecular flexibility index (Phi) is 7.94. The van der Waals surface area contributed by atoms with E-state index in [2.05, 4.69) is 10.6 Å². The number of urea groups is 1. The first-order valence-electron chi connectivity index (χ1n) is 10.8. The monoisotopic (exact) mass is 492 g/mol. The number of imide groups is 1. The molecule has 0 unspecified atom stereocenters. The molecule has 14 nitrogen and oxygen atoms in total. The number of rotatable bonds is 7. The maximum atomic E-state index is 12.9. The molecule has 6 N–H and O–H groups in total. The average Bonchev–Trinajstić information content (AvgIpc) is 2.83. The maximum Gasteiger partial charge on any atom is 0.547 e. The summed E-state index contributed by atoms with van der Waals surface area (Å²) in [6.45, 7) is 0.979. The minimum atomic E-state index is -1.78. The van der Waals surface area contributed by atoms with Gasteiger partial charge in [0, 0.05) is 19.6 Å². The van der Waals surface area contributed by atoms with Crippen LogP contribution in [0, 0.1) is 0 Å². The second-order valence-corrected chi connectivity index (χ2v) is 7.95. The molecule has 3 atom stereocenters. The van der Waals surface area contributed by atoms with Gasteiger partial charge in [-0.1, -0.05) is 12.1 Å². The Morgan fingerprint density at radius 2 is 1.94 bits per heavy atom. The van der Waals surface area contributed by atoms with Gasteiger partial charge in [0.2, 0.25) is 5.91 Å². The molecule has 3 rings (SSSR count). The molecule has 2 heterocycles. The fraction of sp³-hybridized carbons (Fsp3) is 0.450. The Hall–Kier alpha value is -3.69. The zero-order valence-corrected chi connectivity index (χ0v) is 18.7. The molecule has 1 aromatic carbocycles. The molecule has 1 aromatic rings.